The molecule has 11 aromatic rings. The van der Waals surface area contributed by atoms with Crippen molar-refractivity contribution < 1.29 is 4.74 Å². The number of aromatic nitrogens is 7. The average molecular weight is 889 g/mol. The van der Waals surface area contributed by atoms with Crippen LogP contribution in [0.5, 0.6) is 5.75 Å². The molecule has 1 aliphatic heterocycles. The Morgan fingerprint density at radius 3 is 1.54 bits per heavy atom. The molecule has 9 nitrogen and oxygen atoms in total. The van der Waals surface area contributed by atoms with Gasteiger partial charge in [0.25, 0.3) is 0 Å². The number of anilines is 3. The lowest BCUT2D eigenvalue weighted by atomic mass is 9.96. The van der Waals surface area contributed by atoms with Gasteiger partial charge in [0.1, 0.15) is 6.10 Å². The molecule has 0 bridgehead atoms. The van der Waals surface area contributed by atoms with Crippen LogP contribution < -0.4 is 9.64 Å². The number of para-hydroxylation sites is 2. The van der Waals surface area contributed by atoms with Crippen LogP contribution >= 0.6 is 0 Å². The lowest BCUT2D eigenvalue weighted by Gasteiger charge is -2.26. The Bertz CT molecular complexity index is 3660. The SMILES string of the molecule is C1=CCC2Oc3c(cccc3N(c3ccc4c(c3)c3ccccc3n4-c3ccc(-c4nc(-c5ccccc5)nc(-c5ccccc5)n4)cc3)c3nc(-c4ccccc4)nc(-c4ccccc4)n3)C2=C1. The number of fused-ring (bicyclic) bond motifs is 6. The highest BCUT2D eigenvalue weighted by atomic mass is 16.5. The minimum atomic E-state index is -0.0695. The highest BCUT2D eigenvalue weighted by Crippen LogP contribution is 2.50. The molecule has 3 aromatic heterocycles. The van der Waals surface area contributed by atoms with Crippen LogP contribution in [0.25, 0.3) is 90.0 Å². The Labute approximate surface area is 398 Å². The van der Waals surface area contributed by atoms with Gasteiger partial charge in [-0.1, -0.05) is 170 Å². The summed E-state index contributed by atoms with van der Waals surface area (Å²) < 4.78 is 9.18. The van der Waals surface area contributed by atoms with Gasteiger partial charge in [-0.05, 0) is 54.6 Å². The topological polar surface area (TPSA) is 94.7 Å². The monoisotopic (exact) mass is 888 g/mol. The van der Waals surface area contributed by atoms with E-state index in [1.54, 1.807) is 0 Å². The molecular weight excluding hydrogens is 849 g/mol. The molecule has 13 rings (SSSR count). The minimum Gasteiger partial charge on any atom is -0.483 e. The zero-order chi connectivity index (χ0) is 45.7. The van der Waals surface area contributed by atoms with E-state index in [-0.39, 0.29) is 6.10 Å². The van der Waals surface area contributed by atoms with Crippen LogP contribution in [-0.4, -0.2) is 40.6 Å². The van der Waals surface area contributed by atoms with Gasteiger partial charge in [-0.15, -0.1) is 0 Å². The van der Waals surface area contributed by atoms with E-state index in [1.807, 2.05) is 121 Å². The van der Waals surface area contributed by atoms with Crippen molar-refractivity contribution in [2.24, 2.45) is 0 Å². The van der Waals surface area contributed by atoms with Gasteiger partial charge in [0.15, 0.2) is 34.9 Å². The third-order valence-electron chi connectivity index (χ3n) is 12.8. The van der Waals surface area contributed by atoms with Gasteiger partial charge in [-0.25, -0.2) is 19.9 Å². The maximum absolute atomic E-state index is 6.87. The van der Waals surface area contributed by atoms with Crippen molar-refractivity contribution in [2.75, 3.05) is 4.90 Å². The predicted octanol–water partition coefficient (Wildman–Crippen LogP) is 14.1. The fourth-order valence-corrected chi connectivity index (χ4v) is 9.51. The second-order valence-electron chi connectivity index (χ2n) is 17.0. The lowest BCUT2D eigenvalue weighted by Crippen LogP contribution is -2.17. The van der Waals surface area contributed by atoms with Crippen LogP contribution in [-0.2, 0) is 0 Å². The highest BCUT2D eigenvalue weighted by Gasteiger charge is 2.34. The van der Waals surface area contributed by atoms with E-state index in [0.29, 0.717) is 35.1 Å². The summed E-state index contributed by atoms with van der Waals surface area (Å²) in [4.78, 5) is 32.6. The van der Waals surface area contributed by atoms with Gasteiger partial charge in [0, 0.05) is 61.8 Å². The fraction of sp³-hybridized carbons (Fsp3) is 0.0333. The Morgan fingerprint density at radius 2 is 0.957 bits per heavy atom. The summed E-state index contributed by atoms with van der Waals surface area (Å²) in [5.74, 6) is 4.28. The Kier molecular flexibility index (Phi) is 9.75. The molecule has 0 fully saturated rings. The molecular formula is C60H40N8O. The molecule has 4 heterocycles. The van der Waals surface area contributed by atoms with Crippen LogP contribution in [0, 0.1) is 0 Å². The predicted molar refractivity (Wildman–Crippen MR) is 276 cm³/mol. The van der Waals surface area contributed by atoms with Gasteiger partial charge in [-0.3, -0.25) is 4.90 Å². The van der Waals surface area contributed by atoms with Crippen LogP contribution in [0.15, 0.2) is 224 Å². The van der Waals surface area contributed by atoms with Gasteiger partial charge in [0.05, 0.1) is 22.4 Å². The maximum Gasteiger partial charge on any atom is 0.238 e. The van der Waals surface area contributed by atoms with Crippen LogP contribution in [0.4, 0.5) is 17.3 Å². The number of benzene rings is 8. The molecule has 2 aliphatic rings. The van der Waals surface area contributed by atoms with Crippen molar-refractivity contribution >= 4 is 44.7 Å². The molecule has 9 heteroatoms. The van der Waals surface area contributed by atoms with E-state index < -0.39 is 0 Å². The Balaban J connectivity index is 0.968. The molecule has 1 aliphatic carbocycles. The first-order valence-corrected chi connectivity index (χ1v) is 23.0. The number of hydrogen-bond donors (Lipinski definition) is 0. The fourth-order valence-electron chi connectivity index (χ4n) is 9.51. The molecule has 0 spiro atoms. The van der Waals surface area contributed by atoms with Crippen molar-refractivity contribution in [3.63, 3.8) is 0 Å². The van der Waals surface area contributed by atoms with E-state index >= 15 is 0 Å². The average Bonchev–Trinajstić information content (AvgIpc) is 3.98. The van der Waals surface area contributed by atoms with Gasteiger partial charge in [-0.2, -0.15) is 9.97 Å². The van der Waals surface area contributed by atoms with Gasteiger partial charge in [0.2, 0.25) is 5.95 Å². The molecule has 0 amide bonds. The number of hydrogen-bond acceptors (Lipinski definition) is 8. The number of ether oxygens (including phenoxy) is 1. The molecule has 0 radical (unpaired) electrons. The Hall–Kier alpha value is -9.34. The summed E-state index contributed by atoms with van der Waals surface area (Å²) >= 11 is 0. The number of allylic oxidation sites excluding steroid dienone is 2. The summed E-state index contributed by atoms with van der Waals surface area (Å²) in [6.45, 7) is 0. The number of rotatable bonds is 9. The first-order valence-electron chi connectivity index (χ1n) is 23.0. The Morgan fingerprint density at radius 1 is 0.449 bits per heavy atom. The molecule has 69 heavy (non-hydrogen) atoms. The van der Waals surface area contributed by atoms with Crippen molar-refractivity contribution in [1.82, 2.24) is 34.5 Å². The summed E-state index contributed by atoms with van der Waals surface area (Å²) in [6, 6.07) is 70.3. The van der Waals surface area contributed by atoms with E-state index in [0.717, 1.165) is 84.4 Å². The van der Waals surface area contributed by atoms with Crippen molar-refractivity contribution in [3.05, 3.63) is 230 Å². The lowest BCUT2D eigenvalue weighted by molar-refractivity contribution is 0.280. The van der Waals surface area contributed by atoms with Crippen LogP contribution in [0.2, 0.25) is 0 Å². The largest absolute Gasteiger partial charge is 0.483 e. The van der Waals surface area contributed by atoms with E-state index in [9.17, 15) is 0 Å². The zero-order valence-corrected chi connectivity index (χ0v) is 37.1. The van der Waals surface area contributed by atoms with Crippen molar-refractivity contribution in [3.8, 4) is 68.4 Å². The molecule has 0 saturated carbocycles. The first kappa shape index (κ1) is 40.0. The first-order chi connectivity index (χ1) is 34.2. The molecule has 326 valence electrons. The second kappa shape index (κ2) is 16.8. The molecule has 1 atom stereocenters. The van der Waals surface area contributed by atoms with Gasteiger partial charge < -0.3 is 9.30 Å². The van der Waals surface area contributed by atoms with E-state index in [2.05, 4.69) is 113 Å². The third kappa shape index (κ3) is 7.21. The molecule has 0 N–H and O–H groups in total. The van der Waals surface area contributed by atoms with E-state index in [1.165, 1.54) is 5.57 Å². The van der Waals surface area contributed by atoms with Gasteiger partial charge >= 0.3 is 0 Å². The molecule has 1 unspecified atom stereocenters. The van der Waals surface area contributed by atoms with Crippen molar-refractivity contribution in [2.45, 2.75) is 12.5 Å². The summed E-state index contributed by atoms with van der Waals surface area (Å²) in [7, 11) is 0. The molecule has 8 aromatic carbocycles. The minimum absolute atomic E-state index is 0.0695. The molecule has 0 saturated heterocycles. The highest BCUT2D eigenvalue weighted by molar-refractivity contribution is 6.11. The van der Waals surface area contributed by atoms with Crippen LogP contribution in [0.1, 0.15) is 12.0 Å². The van der Waals surface area contributed by atoms with Crippen LogP contribution in [0.3, 0.4) is 0 Å². The summed E-state index contributed by atoms with van der Waals surface area (Å²) in [5, 5.41) is 2.18. The maximum atomic E-state index is 6.87. The summed E-state index contributed by atoms with van der Waals surface area (Å²) in [5.41, 5.74) is 11.6. The second-order valence-corrected chi connectivity index (χ2v) is 17.0. The zero-order valence-electron chi connectivity index (χ0n) is 37.1. The van der Waals surface area contributed by atoms with Crippen molar-refractivity contribution in [1.29, 1.82) is 0 Å². The standard InChI is InChI=1S/C60H40N8O/c1-5-18-39(19-6-1)55-61-56(40-20-7-2-8-21-40)63-57(62-55)43-32-34-44(35-33-43)67-50-29-15-13-26-46(50)49-38-45(36-37-51(49)67)68(52-30-17-28-48-47-27-14-16-31-53(47)69-54(48)52)60-65-58(41-22-9-3-10-23-41)64-59(66-60)42-24-11-4-12-25-42/h1-30,32-38,53H,31H2. The summed E-state index contributed by atoms with van der Waals surface area (Å²) in [6.07, 6.45) is 7.18. The third-order valence-corrected chi connectivity index (χ3v) is 12.8. The number of nitrogens with zero attached hydrogens (tertiary/aromatic N) is 8. The van der Waals surface area contributed by atoms with E-state index in [4.69, 9.17) is 34.6 Å². The quantitative estimate of drug-likeness (QED) is 0.141. The smallest absolute Gasteiger partial charge is 0.238 e. The normalized spacial score (nSPS) is 13.7.